The Balaban J connectivity index is 2.21. The lowest BCUT2D eigenvalue weighted by Gasteiger charge is -2.27. The monoisotopic (exact) mass is 479 g/mol. The highest BCUT2D eigenvalue weighted by Gasteiger charge is 2.30. The van der Waals surface area contributed by atoms with E-state index >= 15 is 4.39 Å². The van der Waals surface area contributed by atoms with Gasteiger partial charge in [-0.05, 0) is 29.7 Å². The molecule has 1 amide bonds. The smallest absolute Gasteiger partial charge is 0.407 e. The highest BCUT2D eigenvalue weighted by atomic mass is 35.5. The van der Waals surface area contributed by atoms with Crippen LogP contribution in [0.5, 0.6) is 0 Å². The van der Waals surface area contributed by atoms with Gasteiger partial charge < -0.3 is 10.0 Å². The minimum Gasteiger partial charge on any atom is -0.465 e. The average molecular weight is 480 g/mol. The molecular weight excluding hydrogens is 457 g/mol. The van der Waals surface area contributed by atoms with Crippen molar-refractivity contribution in [1.82, 2.24) is 13.9 Å². The second-order valence-corrected chi connectivity index (χ2v) is 10.6. The fraction of sp³-hybridized carbons (Fsp3) is 0.273. The lowest BCUT2D eigenvalue weighted by atomic mass is 9.96. The van der Waals surface area contributed by atoms with E-state index in [-0.39, 0.29) is 45.4 Å². The number of rotatable bonds is 6. The second-order valence-electron chi connectivity index (χ2n) is 8.47. The number of hydrogen-bond donors (Lipinski definition) is 1. The van der Waals surface area contributed by atoms with Gasteiger partial charge in [0, 0.05) is 30.1 Å². The van der Waals surface area contributed by atoms with Crippen molar-refractivity contribution in [2.45, 2.75) is 32.2 Å². The van der Waals surface area contributed by atoms with Gasteiger partial charge in [-0.3, -0.25) is 0 Å². The van der Waals surface area contributed by atoms with Crippen LogP contribution in [0.15, 0.2) is 59.8 Å². The molecule has 1 N–H and O–H groups in total. The summed E-state index contributed by atoms with van der Waals surface area (Å²) in [5.74, 6) is -0.875. The lowest BCUT2D eigenvalue weighted by molar-refractivity contribution is 0.122. The third kappa shape index (κ3) is 4.94. The third-order valence-corrected chi connectivity index (χ3v) is 6.57. The normalized spacial score (nSPS) is 12.0. The fourth-order valence-corrected chi connectivity index (χ4v) is 4.91. The number of nitrogens with zero attached hydrogens (tertiary/aromatic N) is 3. The molecule has 3 aromatic rings. The van der Waals surface area contributed by atoms with E-state index in [0.29, 0.717) is 0 Å². The van der Waals surface area contributed by atoms with Gasteiger partial charge in [0.1, 0.15) is 10.8 Å². The van der Waals surface area contributed by atoms with Gasteiger partial charge in [0.15, 0.2) is 5.82 Å². The van der Waals surface area contributed by atoms with Crippen LogP contribution in [0, 0.1) is 11.2 Å². The maximum Gasteiger partial charge on any atom is 0.407 e. The molecule has 2 aromatic heterocycles. The molecular formula is C22H23ClFN3O4S. The first-order valence-corrected chi connectivity index (χ1v) is 11.5. The summed E-state index contributed by atoms with van der Waals surface area (Å²) in [6, 6.07) is 10.5. The lowest BCUT2D eigenvalue weighted by Crippen LogP contribution is -2.36. The molecule has 0 aliphatic rings. The topological polar surface area (TPSA) is 92.5 Å². The quantitative estimate of drug-likeness (QED) is 0.496. The molecule has 1 aromatic carbocycles. The predicted molar refractivity (Wildman–Crippen MR) is 120 cm³/mol. The molecule has 0 aliphatic carbocycles. The first-order valence-electron chi connectivity index (χ1n) is 9.71. The molecule has 32 heavy (non-hydrogen) atoms. The van der Waals surface area contributed by atoms with Crippen molar-refractivity contribution >= 4 is 27.7 Å². The van der Waals surface area contributed by atoms with E-state index in [4.69, 9.17) is 11.6 Å². The zero-order chi connectivity index (χ0) is 23.7. The zero-order valence-electron chi connectivity index (χ0n) is 17.8. The molecule has 7 nitrogen and oxygen atoms in total. The van der Waals surface area contributed by atoms with E-state index in [1.165, 1.54) is 30.5 Å². The van der Waals surface area contributed by atoms with Crippen LogP contribution < -0.4 is 0 Å². The third-order valence-electron chi connectivity index (χ3n) is 4.59. The molecule has 0 atom stereocenters. The molecule has 0 saturated carbocycles. The number of carbonyl (C=O) groups is 1. The van der Waals surface area contributed by atoms with Gasteiger partial charge in [-0.1, -0.05) is 50.6 Å². The van der Waals surface area contributed by atoms with Crippen LogP contribution in [0.3, 0.4) is 0 Å². The second kappa shape index (κ2) is 8.91. The number of aromatic nitrogens is 2. The molecule has 2 heterocycles. The van der Waals surface area contributed by atoms with E-state index < -0.39 is 21.9 Å². The van der Waals surface area contributed by atoms with Crippen LogP contribution in [-0.2, 0) is 16.6 Å². The Labute approximate surface area is 191 Å². The van der Waals surface area contributed by atoms with Crippen molar-refractivity contribution in [2.24, 2.45) is 5.41 Å². The Hall–Kier alpha value is -2.91. The van der Waals surface area contributed by atoms with Crippen LogP contribution in [0.4, 0.5) is 9.18 Å². The standard InChI is InChI=1S/C22H23ClFN3O4S/c1-22(2,3)14-26(21(28)29)12-15-13-27(32(30,31)16-8-5-4-6-9-16)19(18(15)24)17-10-7-11-25-20(17)23/h4-11,13H,12,14H2,1-3H3,(H,28,29). The van der Waals surface area contributed by atoms with Crippen LogP contribution in [0.2, 0.25) is 5.15 Å². The van der Waals surface area contributed by atoms with Crippen molar-refractivity contribution < 1.29 is 22.7 Å². The van der Waals surface area contributed by atoms with Crippen molar-refractivity contribution in [2.75, 3.05) is 6.54 Å². The molecule has 0 radical (unpaired) electrons. The molecule has 0 fully saturated rings. The highest BCUT2D eigenvalue weighted by molar-refractivity contribution is 7.90. The molecule has 0 aliphatic heterocycles. The zero-order valence-corrected chi connectivity index (χ0v) is 19.4. The van der Waals surface area contributed by atoms with Crippen molar-refractivity contribution in [3.63, 3.8) is 0 Å². The average Bonchev–Trinajstić information content (AvgIpc) is 3.04. The molecule has 170 valence electrons. The maximum atomic E-state index is 15.7. The first kappa shape index (κ1) is 23.7. The van der Waals surface area contributed by atoms with E-state index in [0.717, 1.165) is 15.1 Å². The number of carboxylic acid groups (broad SMARTS) is 1. The molecule has 0 unspecified atom stereocenters. The van der Waals surface area contributed by atoms with Gasteiger partial charge in [-0.25, -0.2) is 26.6 Å². The van der Waals surface area contributed by atoms with Gasteiger partial charge in [-0.15, -0.1) is 0 Å². The van der Waals surface area contributed by atoms with Crippen LogP contribution in [-0.4, -0.2) is 40.0 Å². The molecule has 10 heteroatoms. The number of halogens is 2. The van der Waals surface area contributed by atoms with Crippen molar-refractivity contribution in [3.05, 3.63) is 71.4 Å². The van der Waals surface area contributed by atoms with Gasteiger partial charge in [0.25, 0.3) is 10.0 Å². The Morgan fingerprint density at radius 1 is 1.19 bits per heavy atom. The van der Waals surface area contributed by atoms with Gasteiger partial charge in [0.2, 0.25) is 0 Å². The summed E-state index contributed by atoms with van der Waals surface area (Å²) >= 11 is 6.16. The minimum atomic E-state index is -4.20. The summed E-state index contributed by atoms with van der Waals surface area (Å²) < 4.78 is 43.2. The summed E-state index contributed by atoms with van der Waals surface area (Å²) in [6.45, 7) is 5.35. The summed E-state index contributed by atoms with van der Waals surface area (Å²) in [4.78, 5) is 16.7. The summed E-state index contributed by atoms with van der Waals surface area (Å²) in [5, 5.41) is 9.53. The van der Waals surface area contributed by atoms with Gasteiger partial charge in [-0.2, -0.15) is 0 Å². The fourth-order valence-electron chi connectivity index (χ4n) is 3.29. The Bertz CT molecular complexity index is 1240. The molecule has 3 rings (SSSR count). The SMILES string of the molecule is CC(C)(C)CN(Cc1cn(S(=O)(=O)c2ccccc2)c(-c2cccnc2Cl)c1F)C(=O)O. The van der Waals surface area contributed by atoms with E-state index in [1.807, 2.05) is 20.8 Å². The van der Waals surface area contributed by atoms with Crippen LogP contribution in [0.25, 0.3) is 11.3 Å². The number of amides is 1. The summed E-state index contributed by atoms with van der Waals surface area (Å²) in [7, 11) is -4.20. The van der Waals surface area contributed by atoms with Crippen molar-refractivity contribution in [1.29, 1.82) is 0 Å². The highest BCUT2D eigenvalue weighted by Crippen LogP contribution is 2.34. The molecule has 0 spiro atoms. The summed E-state index contributed by atoms with van der Waals surface area (Å²) in [6.07, 6.45) is 1.27. The van der Waals surface area contributed by atoms with E-state index in [2.05, 4.69) is 4.98 Å². The van der Waals surface area contributed by atoms with Crippen LogP contribution in [0.1, 0.15) is 26.3 Å². The first-order chi connectivity index (χ1) is 14.9. The molecule has 0 saturated heterocycles. The van der Waals surface area contributed by atoms with Gasteiger partial charge >= 0.3 is 6.09 Å². The van der Waals surface area contributed by atoms with Crippen LogP contribution >= 0.6 is 11.6 Å². The molecule has 0 bridgehead atoms. The van der Waals surface area contributed by atoms with Gasteiger partial charge in [0.05, 0.1) is 11.4 Å². The predicted octanol–water partition coefficient (Wildman–Crippen LogP) is 5.11. The number of pyridine rings is 1. The number of hydrogen-bond acceptors (Lipinski definition) is 4. The van der Waals surface area contributed by atoms with Crippen molar-refractivity contribution in [3.8, 4) is 11.3 Å². The minimum absolute atomic E-state index is 0.0485. The largest absolute Gasteiger partial charge is 0.465 e. The summed E-state index contributed by atoms with van der Waals surface area (Å²) in [5.41, 5.74) is -0.701. The number of benzene rings is 1. The van der Waals surface area contributed by atoms with E-state index in [1.54, 1.807) is 18.2 Å². The Morgan fingerprint density at radius 2 is 1.84 bits per heavy atom. The van der Waals surface area contributed by atoms with E-state index in [9.17, 15) is 18.3 Å². The Morgan fingerprint density at radius 3 is 2.41 bits per heavy atom. The maximum absolute atomic E-state index is 15.7. The Kier molecular flexibility index (Phi) is 6.61.